The van der Waals surface area contributed by atoms with Crippen LogP contribution in [0.2, 0.25) is 0 Å². The number of aliphatic hydroxyl groups is 1. The van der Waals surface area contributed by atoms with Crippen molar-refractivity contribution in [1.82, 2.24) is 0 Å². The molecule has 0 amide bonds. The van der Waals surface area contributed by atoms with Crippen LogP contribution in [0.4, 0.5) is 8.78 Å². The number of alkyl halides is 2. The van der Waals surface area contributed by atoms with Crippen LogP contribution in [0.25, 0.3) is 0 Å². The lowest BCUT2D eigenvalue weighted by Crippen LogP contribution is -2.45. The van der Waals surface area contributed by atoms with E-state index in [1.807, 2.05) is 0 Å². The summed E-state index contributed by atoms with van der Waals surface area (Å²) < 4.78 is 28.4. The fourth-order valence-electron chi connectivity index (χ4n) is 0.416. The summed E-state index contributed by atoms with van der Waals surface area (Å²) in [6, 6.07) is 0. The minimum atomic E-state index is -2.78. The lowest BCUT2D eigenvalue weighted by molar-refractivity contribution is -0.153. The Bertz CT molecular complexity index is 104. The van der Waals surface area contributed by atoms with Gasteiger partial charge in [-0.05, 0) is 13.8 Å². The van der Waals surface area contributed by atoms with E-state index in [-0.39, 0.29) is 0 Å². The van der Waals surface area contributed by atoms with Gasteiger partial charge in [0.25, 0.3) is 6.43 Å². The van der Waals surface area contributed by atoms with Gasteiger partial charge >= 0.3 is 0 Å². The molecule has 0 aromatic carbocycles. The summed E-state index contributed by atoms with van der Waals surface area (Å²) in [5.74, 6) is 0. The molecule has 10 heavy (non-hydrogen) atoms. The van der Waals surface area contributed by atoms with Crippen molar-refractivity contribution in [3.63, 3.8) is 0 Å². The zero-order valence-corrected chi connectivity index (χ0v) is 6.27. The molecule has 2 nitrogen and oxygen atoms in total. The molecule has 2 unspecified atom stereocenters. The van der Waals surface area contributed by atoms with Gasteiger partial charge in [0.15, 0.2) is 0 Å². The fraction of sp³-hybridized carbons (Fsp3) is 1.00. The van der Waals surface area contributed by atoms with E-state index < -0.39 is 18.1 Å². The molecule has 0 aliphatic rings. The summed E-state index contributed by atoms with van der Waals surface area (Å²) >= 11 is 0. The first-order chi connectivity index (χ1) is 4.42. The predicted molar refractivity (Wildman–Crippen MR) is 33.1 cm³/mol. The largest absolute Gasteiger partial charge is 0.381 e. The highest BCUT2D eigenvalue weighted by Gasteiger charge is 2.38. The second-order valence-electron chi connectivity index (χ2n) is 2.40. The molecule has 0 aromatic heterocycles. The molecular weight excluding hydrogens is 142 g/mol. The van der Waals surface area contributed by atoms with Crippen LogP contribution in [0.5, 0.6) is 0 Å². The van der Waals surface area contributed by atoms with E-state index in [1.54, 1.807) is 0 Å². The summed E-state index contributed by atoms with van der Waals surface area (Å²) in [7, 11) is 1.28. The molecule has 0 bridgehead atoms. The Hall–Kier alpha value is -0.220. The number of hydrogen-bond donors (Lipinski definition) is 1. The van der Waals surface area contributed by atoms with Crippen LogP contribution in [0.1, 0.15) is 13.8 Å². The standard InChI is InChI=1S/C6H12F2O2/c1-4(10-3)6(2,9)5(7)8/h4-5,9H,1-3H3. The zero-order valence-electron chi connectivity index (χ0n) is 6.27. The molecule has 0 aliphatic heterocycles. The highest BCUT2D eigenvalue weighted by Crippen LogP contribution is 2.20. The summed E-state index contributed by atoms with van der Waals surface area (Å²) in [4.78, 5) is 0. The monoisotopic (exact) mass is 154 g/mol. The molecule has 0 rings (SSSR count). The van der Waals surface area contributed by atoms with Crippen molar-refractivity contribution in [2.24, 2.45) is 0 Å². The Morgan fingerprint density at radius 1 is 1.50 bits per heavy atom. The normalized spacial score (nSPS) is 20.7. The fourth-order valence-corrected chi connectivity index (χ4v) is 0.416. The van der Waals surface area contributed by atoms with Crippen LogP contribution in [-0.4, -0.2) is 30.3 Å². The number of rotatable bonds is 3. The van der Waals surface area contributed by atoms with E-state index in [1.165, 1.54) is 14.0 Å². The van der Waals surface area contributed by atoms with E-state index >= 15 is 0 Å². The van der Waals surface area contributed by atoms with E-state index in [0.29, 0.717) is 0 Å². The number of methoxy groups -OCH3 is 1. The van der Waals surface area contributed by atoms with Gasteiger partial charge in [0, 0.05) is 7.11 Å². The molecular formula is C6H12F2O2. The van der Waals surface area contributed by atoms with Crippen LogP contribution in [0.3, 0.4) is 0 Å². The van der Waals surface area contributed by atoms with Crippen molar-refractivity contribution in [3.05, 3.63) is 0 Å². The number of ether oxygens (including phenoxy) is 1. The lowest BCUT2D eigenvalue weighted by Gasteiger charge is -2.27. The van der Waals surface area contributed by atoms with Gasteiger partial charge in [0.1, 0.15) is 5.60 Å². The zero-order chi connectivity index (χ0) is 8.36. The van der Waals surface area contributed by atoms with E-state index in [0.717, 1.165) is 6.92 Å². The molecule has 4 heteroatoms. The highest BCUT2D eigenvalue weighted by atomic mass is 19.3. The van der Waals surface area contributed by atoms with Gasteiger partial charge in [-0.1, -0.05) is 0 Å². The molecule has 0 heterocycles. The minimum absolute atomic E-state index is 0.854. The van der Waals surface area contributed by atoms with Crippen LogP contribution in [-0.2, 0) is 4.74 Å². The number of halogens is 2. The average molecular weight is 154 g/mol. The van der Waals surface area contributed by atoms with Crippen molar-refractivity contribution in [2.75, 3.05) is 7.11 Å². The average Bonchev–Trinajstić information content (AvgIpc) is 1.86. The van der Waals surface area contributed by atoms with Gasteiger partial charge in [0.05, 0.1) is 6.10 Å². The van der Waals surface area contributed by atoms with Gasteiger partial charge in [-0.15, -0.1) is 0 Å². The quantitative estimate of drug-likeness (QED) is 0.658. The second kappa shape index (κ2) is 3.25. The molecule has 0 saturated carbocycles. The first-order valence-corrected chi connectivity index (χ1v) is 2.96. The molecule has 0 radical (unpaired) electrons. The van der Waals surface area contributed by atoms with Crippen LogP contribution in [0.15, 0.2) is 0 Å². The summed E-state index contributed by atoms with van der Waals surface area (Å²) in [6.45, 7) is 2.44. The molecule has 0 spiro atoms. The Morgan fingerprint density at radius 2 is 1.90 bits per heavy atom. The van der Waals surface area contributed by atoms with Crippen molar-refractivity contribution in [1.29, 1.82) is 0 Å². The van der Waals surface area contributed by atoms with Crippen molar-refractivity contribution in [3.8, 4) is 0 Å². The van der Waals surface area contributed by atoms with E-state index in [9.17, 15) is 8.78 Å². The molecule has 1 N–H and O–H groups in total. The Balaban J connectivity index is 4.09. The highest BCUT2D eigenvalue weighted by molar-refractivity contribution is 4.81. The van der Waals surface area contributed by atoms with Gasteiger partial charge in [-0.3, -0.25) is 0 Å². The van der Waals surface area contributed by atoms with Crippen molar-refractivity contribution >= 4 is 0 Å². The second-order valence-corrected chi connectivity index (χ2v) is 2.40. The Morgan fingerprint density at radius 3 is 2.00 bits per heavy atom. The third-order valence-electron chi connectivity index (χ3n) is 1.62. The smallest absolute Gasteiger partial charge is 0.269 e. The summed E-state index contributed by atoms with van der Waals surface area (Å²) in [5.41, 5.74) is -2.05. The van der Waals surface area contributed by atoms with Gasteiger partial charge in [-0.25, -0.2) is 8.78 Å². The third-order valence-corrected chi connectivity index (χ3v) is 1.62. The molecule has 0 fully saturated rings. The maximum absolute atomic E-state index is 11.9. The topological polar surface area (TPSA) is 29.5 Å². The molecule has 62 valence electrons. The molecule has 0 aliphatic carbocycles. The van der Waals surface area contributed by atoms with Crippen LogP contribution < -0.4 is 0 Å². The van der Waals surface area contributed by atoms with Crippen molar-refractivity contribution in [2.45, 2.75) is 32.0 Å². The Labute approximate surface area is 58.8 Å². The van der Waals surface area contributed by atoms with Gasteiger partial charge in [-0.2, -0.15) is 0 Å². The molecule has 2 atom stereocenters. The van der Waals surface area contributed by atoms with Gasteiger partial charge in [0.2, 0.25) is 0 Å². The van der Waals surface area contributed by atoms with Crippen LogP contribution >= 0.6 is 0 Å². The maximum atomic E-state index is 11.9. The molecule has 0 saturated heterocycles. The maximum Gasteiger partial charge on any atom is 0.269 e. The summed E-state index contributed by atoms with van der Waals surface area (Å²) in [5, 5.41) is 8.99. The Kier molecular flexibility index (Phi) is 3.18. The van der Waals surface area contributed by atoms with E-state index in [4.69, 9.17) is 5.11 Å². The third kappa shape index (κ3) is 1.88. The first-order valence-electron chi connectivity index (χ1n) is 2.96. The first kappa shape index (κ1) is 9.78. The lowest BCUT2D eigenvalue weighted by atomic mass is 10.0. The SMILES string of the molecule is COC(C)C(C)(O)C(F)F. The van der Waals surface area contributed by atoms with E-state index in [2.05, 4.69) is 4.74 Å². The van der Waals surface area contributed by atoms with Gasteiger partial charge < -0.3 is 9.84 Å². The van der Waals surface area contributed by atoms with Crippen molar-refractivity contribution < 1.29 is 18.6 Å². The summed E-state index contributed by atoms with van der Waals surface area (Å²) in [6.07, 6.45) is -3.63. The minimum Gasteiger partial charge on any atom is -0.381 e. The molecule has 0 aromatic rings. The predicted octanol–water partition coefficient (Wildman–Crippen LogP) is 1.04. The number of hydrogen-bond acceptors (Lipinski definition) is 2. The van der Waals surface area contributed by atoms with Crippen LogP contribution in [0, 0.1) is 0 Å².